The van der Waals surface area contributed by atoms with Gasteiger partial charge in [-0.25, -0.2) is 0 Å². The van der Waals surface area contributed by atoms with Gasteiger partial charge in [-0.3, -0.25) is 0 Å². The highest BCUT2D eigenvalue weighted by molar-refractivity contribution is 9.11. The van der Waals surface area contributed by atoms with Crippen molar-refractivity contribution in [3.05, 3.63) is 79.2 Å². The molecular weight excluding hydrogens is 449 g/mol. The molecular formula is C16H10BrCl5. The Kier molecular flexibility index (Phi) is 9.58. The van der Waals surface area contributed by atoms with E-state index >= 15 is 0 Å². The van der Waals surface area contributed by atoms with E-state index in [4.69, 9.17) is 58.0 Å². The van der Waals surface area contributed by atoms with Crippen LogP contribution in [0, 0.1) is 0 Å². The lowest BCUT2D eigenvalue weighted by Crippen LogP contribution is -1.80. The number of rotatable bonds is 2. The summed E-state index contributed by atoms with van der Waals surface area (Å²) >= 11 is 31.6. The molecule has 0 amide bonds. The second kappa shape index (κ2) is 10.6. The van der Waals surface area contributed by atoms with Gasteiger partial charge in [-0.15, -0.1) is 0 Å². The molecule has 0 aliphatic carbocycles. The molecule has 2 aromatic rings. The van der Waals surface area contributed by atoms with Crippen molar-refractivity contribution in [3.8, 4) is 0 Å². The minimum atomic E-state index is -0.0363. The number of hydrogen-bond acceptors (Lipinski definition) is 0. The maximum atomic E-state index is 5.86. The Labute approximate surface area is 163 Å². The average molecular weight is 459 g/mol. The second-order valence-electron chi connectivity index (χ2n) is 3.88. The zero-order valence-corrected chi connectivity index (χ0v) is 16.4. The highest BCUT2D eigenvalue weighted by atomic mass is 79.9. The predicted molar refractivity (Wildman–Crippen MR) is 105 cm³/mol. The molecule has 0 atom stereocenters. The monoisotopic (exact) mass is 456 g/mol. The summed E-state index contributed by atoms with van der Waals surface area (Å²) in [4.78, 5) is 1.85. The molecule has 22 heavy (non-hydrogen) atoms. The zero-order valence-electron chi connectivity index (χ0n) is 11.0. The number of benzene rings is 2. The quantitative estimate of drug-likeness (QED) is 0.423. The van der Waals surface area contributed by atoms with E-state index in [0.717, 1.165) is 0 Å². The van der Waals surface area contributed by atoms with Gasteiger partial charge in [-0.2, -0.15) is 0 Å². The fourth-order valence-electron chi connectivity index (χ4n) is 1.41. The molecule has 0 aromatic heterocycles. The maximum absolute atomic E-state index is 5.86. The highest BCUT2D eigenvalue weighted by Crippen LogP contribution is 2.35. The van der Waals surface area contributed by atoms with E-state index in [1.807, 2.05) is 29.3 Å². The summed E-state index contributed by atoms with van der Waals surface area (Å²) in [7, 11) is 0. The van der Waals surface area contributed by atoms with Crippen molar-refractivity contribution in [1.29, 1.82) is 0 Å². The Morgan fingerprint density at radius 1 is 0.864 bits per heavy atom. The van der Waals surface area contributed by atoms with Crippen LogP contribution in [-0.4, -0.2) is 0 Å². The van der Waals surface area contributed by atoms with Crippen molar-refractivity contribution in [2.24, 2.45) is 0 Å². The van der Waals surface area contributed by atoms with Crippen molar-refractivity contribution in [2.75, 3.05) is 0 Å². The van der Waals surface area contributed by atoms with Gasteiger partial charge in [-0.1, -0.05) is 116 Å². The number of hydrogen-bond donors (Lipinski definition) is 0. The van der Waals surface area contributed by atoms with Crippen LogP contribution in [-0.2, 0) is 0 Å². The van der Waals surface area contributed by atoms with Crippen LogP contribution in [0.15, 0.2) is 58.0 Å². The fraction of sp³-hybridized carbons (Fsp3) is 0. The lowest BCUT2D eigenvalue weighted by Gasteiger charge is -2.03. The van der Waals surface area contributed by atoms with Gasteiger partial charge in [0.05, 0.1) is 15.1 Å². The fourth-order valence-corrected chi connectivity index (χ4v) is 2.52. The highest BCUT2D eigenvalue weighted by Gasteiger charge is 2.09. The van der Waals surface area contributed by atoms with Crippen LogP contribution < -0.4 is 0 Å². The molecule has 2 aromatic carbocycles. The molecule has 0 saturated heterocycles. The molecule has 0 spiro atoms. The molecule has 0 saturated carbocycles. The molecule has 2 rings (SSSR count). The summed E-state index contributed by atoms with van der Waals surface area (Å²) in [5.41, 5.74) is 1.74. The van der Waals surface area contributed by atoms with Crippen molar-refractivity contribution in [1.82, 2.24) is 0 Å². The third kappa shape index (κ3) is 6.54. The molecule has 0 fully saturated rings. The Bertz CT molecular complexity index is 661. The first-order chi connectivity index (χ1) is 10.5. The van der Waals surface area contributed by atoms with E-state index in [0.29, 0.717) is 15.6 Å². The molecule has 0 heterocycles. The molecule has 0 radical (unpaired) electrons. The first-order valence-electron chi connectivity index (χ1n) is 5.94. The summed E-state index contributed by atoms with van der Waals surface area (Å²) in [5.74, 6) is 0. The van der Waals surface area contributed by atoms with Crippen molar-refractivity contribution in [2.45, 2.75) is 0 Å². The number of halogens is 6. The Hall–Kier alpha value is -0.150. The molecule has 0 bridgehead atoms. The third-order valence-corrected chi connectivity index (χ3v) is 4.46. The van der Waals surface area contributed by atoms with Crippen LogP contribution >= 0.6 is 73.9 Å². The second-order valence-corrected chi connectivity index (χ2v) is 6.52. The lowest BCUT2D eigenvalue weighted by atomic mass is 10.2. The first-order valence-corrected chi connectivity index (χ1v) is 8.75. The molecule has 0 aliphatic rings. The van der Waals surface area contributed by atoms with Crippen molar-refractivity contribution in [3.63, 3.8) is 0 Å². The van der Waals surface area contributed by atoms with Gasteiger partial charge >= 0.3 is 0 Å². The van der Waals surface area contributed by atoms with Crippen molar-refractivity contribution >= 4 is 85.0 Å². The topological polar surface area (TPSA) is 0 Å². The van der Waals surface area contributed by atoms with E-state index < -0.39 is 0 Å². The van der Waals surface area contributed by atoms with Gasteiger partial charge in [0.2, 0.25) is 0 Å². The summed E-state index contributed by atoms with van der Waals surface area (Å²) in [5, 5.41) is 0.940. The van der Waals surface area contributed by atoms with E-state index in [9.17, 15) is 0 Å². The Morgan fingerprint density at radius 2 is 1.50 bits per heavy atom. The third-order valence-electron chi connectivity index (χ3n) is 2.41. The van der Waals surface area contributed by atoms with Crippen LogP contribution in [0.5, 0.6) is 0 Å². The van der Waals surface area contributed by atoms with E-state index in [2.05, 4.69) is 28.1 Å². The molecule has 116 valence electrons. The smallest absolute Gasteiger partial charge is 0.0827 e. The van der Waals surface area contributed by atoms with E-state index in [1.165, 1.54) is 5.56 Å². The summed E-state index contributed by atoms with van der Waals surface area (Å²) in [6.07, 6.45) is 2.00. The maximum Gasteiger partial charge on any atom is 0.126 e. The normalized spacial score (nSPS) is 10.1. The summed E-state index contributed by atoms with van der Waals surface area (Å²) < 4.78 is -0.0363. The molecule has 0 unspecified atom stereocenters. The van der Waals surface area contributed by atoms with Crippen LogP contribution in [0.4, 0.5) is 0 Å². The first kappa shape index (κ1) is 19.9. The van der Waals surface area contributed by atoms with Crippen LogP contribution in [0.2, 0.25) is 10.0 Å². The van der Waals surface area contributed by atoms with Crippen molar-refractivity contribution < 1.29 is 0 Å². The van der Waals surface area contributed by atoms with E-state index in [-0.39, 0.29) is 9.52 Å². The standard InChI is InChI=1S/C8H7Br.C8H3Cl5/c9-7-6-8-4-2-1-3-5-8;9-5-3-1-2-4(6(5)10)7(11)8(12)13/h1-7H;1-3H. The Balaban J connectivity index is 0.000000235. The molecule has 0 aliphatic heterocycles. The molecule has 0 nitrogen and oxygen atoms in total. The van der Waals surface area contributed by atoms with Gasteiger partial charge in [0.1, 0.15) is 4.49 Å². The zero-order chi connectivity index (χ0) is 16.5. The van der Waals surface area contributed by atoms with Crippen LogP contribution in [0.3, 0.4) is 0 Å². The minimum Gasteiger partial charge on any atom is -0.0827 e. The SMILES string of the molecule is BrC=Cc1ccccc1.ClC(Cl)=C(Cl)c1cccc(Cl)c1Cl. The Morgan fingerprint density at radius 3 is 2.05 bits per heavy atom. The van der Waals surface area contributed by atoms with Crippen LogP contribution in [0.25, 0.3) is 11.1 Å². The predicted octanol–water partition coefficient (Wildman–Crippen LogP) is 8.39. The van der Waals surface area contributed by atoms with Gasteiger partial charge in [-0.05, 0) is 22.7 Å². The molecule has 6 heteroatoms. The summed E-state index contributed by atoms with van der Waals surface area (Å²) in [6, 6.07) is 15.2. The molecule has 0 N–H and O–H groups in total. The van der Waals surface area contributed by atoms with Gasteiger partial charge < -0.3 is 0 Å². The average Bonchev–Trinajstić information content (AvgIpc) is 2.51. The van der Waals surface area contributed by atoms with Gasteiger partial charge in [0, 0.05) is 5.56 Å². The largest absolute Gasteiger partial charge is 0.126 e. The van der Waals surface area contributed by atoms with Crippen LogP contribution in [0.1, 0.15) is 11.1 Å². The minimum absolute atomic E-state index is 0.0363. The lowest BCUT2D eigenvalue weighted by molar-refractivity contribution is 1.64. The summed E-state index contributed by atoms with van der Waals surface area (Å²) in [6.45, 7) is 0. The van der Waals surface area contributed by atoms with E-state index in [1.54, 1.807) is 18.2 Å². The van der Waals surface area contributed by atoms with Gasteiger partial charge in [0.25, 0.3) is 0 Å². The van der Waals surface area contributed by atoms with Gasteiger partial charge in [0.15, 0.2) is 0 Å².